The summed E-state index contributed by atoms with van der Waals surface area (Å²) in [7, 11) is 0. The quantitative estimate of drug-likeness (QED) is 0.447. The van der Waals surface area contributed by atoms with Crippen LogP contribution in [0.15, 0.2) is 16.6 Å². The first-order valence-electron chi connectivity index (χ1n) is 6.01. The molecule has 0 aliphatic rings. The van der Waals surface area contributed by atoms with Gasteiger partial charge in [0.2, 0.25) is 0 Å². The van der Waals surface area contributed by atoms with Crippen LogP contribution in [0.3, 0.4) is 0 Å². The second kappa shape index (κ2) is 8.06. The summed E-state index contributed by atoms with van der Waals surface area (Å²) in [6, 6.07) is 2.28. The average Bonchev–Trinajstić information content (AvgIpc) is 2.37. The van der Waals surface area contributed by atoms with Crippen molar-refractivity contribution in [1.29, 1.82) is 0 Å². The fraction of sp³-hybridized carbons (Fsp3) is 0.500. The highest BCUT2D eigenvalue weighted by molar-refractivity contribution is 9.10. The van der Waals surface area contributed by atoms with Crippen LogP contribution in [0.2, 0.25) is 0 Å². The van der Waals surface area contributed by atoms with Gasteiger partial charge in [-0.25, -0.2) is 4.39 Å². The molecule has 0 spiro atoms. The number of anilines is 1. The van der Waals surface area contributed by atoms with Crippen molar-refractivity contribution in [3.8, 4) is 0 Å². The number of nitro groups is 1. The molecule has 0 aromatic heterocycles. The molecular weight excluding hydrogens is 319 g/mol. The third-order valence-electron chi connectivity index (χ3n) is 2.36. The maximum atomic E-state index is 13.2. The number of ether oxygens (including phenoxy) is 1. The zero-order valence-electron chi connectivity index (χ0n) is 10.6. The maximum Gasteiger partial charge on any atom is 0.295 e. The first-order valence-corrected chi connectivity index (χ1v) is 6.80. The summed E-state index contributed by atoms with van der Waals surface area (Å²) < 4.78 is 18.7. The van der Waals surface area contributed by atoms with Crippen molar-refractivity contribution in [2.45, 2.75) is 19.8 Å². The highest BCUT2D eigenvalue weighted by Gasteiger charge is 2.17. The molecule has 0 saturated carbocycles. The van der Waals surface area contributed by atoms with Gasteiger partial charge in [0, 0.05) is 19.8 Å². The van der Waals surface area contributed by atoms with Gasteiger partial charge in [-0.1, -0.05) is 6.92 Å². The lowest BCUT2D eigenvalue weighted by atomic mass is 10.2. The monoisotopic (exact) mass is 334 g/mol. The van der Waals surface area contributed by atoms with Crippen molar-refractivity contribution < 1.29 is 14.1 Å². The molecule has 1 N–H and O–H groups in total. The molecule has 0 aliphatic carbocycles. The molecule has 0 amide bonds. The summed E-state index contributed by atoms with van der Waals surface area (Å²) in [6.07, 6.45) is 1.69. The molecule has 1 aromatic rings. The Balaban J connectivity index is 2.57. The van der Waals surface area contributed by atoms with E-state index in [9.17, 15) is 14.5 Å². The van der Waals surface area contributed by atoms with Gasteiger partial charge < -0.3 is 10.1 Å². The summed E-state index contributed by atoms with van der Waals surface area (Å²) >= 11 is 3.01. The molecule has 106 valence electrons. The van der Waals surface area contributed by atoms with E-state index in [4.69, 9.17) is 4.74 Å². The lowest BCUT2D eigenvalue weighted by Crippen LogP contribution is -2.08. The number of benzene rings is 1. The van der Waals surface area contributed by atoms with E-state index in [0.29, 0.717) is 25.4 Å². The molecule has 0 atom stereocenters. The van der Waals surface area contributed by atoms with E-state index in [1.807, 2.05) is 6.92 Å². The van der Waals surface area contributed by atoms with Crippen LogP contribution in [0.1, 0.15) is 19.8 Å². The number of halogens is 2. The molecule has 19 heavy (non-hydrogen) atoms. The smallest absolute Gasteiger partial charge is 0.295 e. The molecule has 0 unspecified atom stereocenters. The average molecular weight is 335 g/mol. The summed E-state index contributed by atoms with van der Waals surface area (Å²) in [4.78, 5) is 10.2. The van der Waals surface area contributed by atoms with Crippen molar-refractivity contribution in [3.63, 3.8) is 0 Å². The van der Waals surface area contributed by atoms with Crippen molar-refractivity contribution in [3.05, 3.63) is 32.5 Å². The van der Waals surface area contributed by atoms with Crippen LogP contribution in [0, 0.1) is 15.9 Å². The van der Waals surface area contributed by atoms with Gasteiger partial charge in [0.25, 0.3) is 5.69 Å². The SMILES string of the molecule is CCCOCCCNc1cc(Br)c(F)cc1[N+](=O)[O-]. The normalized spacial score (nSPS) is 10.5. The van der Waals surface area contributed by atoms with E-state index >= 15 is 0 Å². The molecule has 0 bridgehead atoms. The Kier molecular flexibility index (Phi) is 6.72. The zero-order chi connectivity index (χ0) is 14.3. The molecule has 0 radical (unpaired) electrons. The second-order valence-corrected chi connectivity index (χ2v) is 4.79. The van der Waals surface area contributed by atoms with Crippen LogP contribution < -0.4 is 5.32 Å². The van der Waals surface area contributed by atoms with E-state index < -0.39 is 10.7 Å². The molecule has 0 heterocycles. The number of nitrogens with one attached hydrogen (secondary N) is 1. The van der Waals surface area contributed by atoms with Crippen molar-refractivity contribution in [2.24, 2.45) is 0 Å². The van der Waals surface area contributed by atoms with E-state index in [-0.39, 0.29) is 10.2 Å². The second-order valence-electron chi connectivity index (χ2n) is 3.93. The van der Waals surface area contributed by atoms with E-state index in [0.717, 1.165) is 18.9 Å². The number of nitrogens with zero attached hydrogens (tertiary/aromatic N) is 1. The highest BCUT2D eigenvalue weighted by atomic mass is 79.9. The van der Waals surface area contributed by atoms with Crippen LogP contribution in [0.25, 0.3) is 0 Å². The molecule has 1 aromatic carbocycles. The van der Waals surface area contributed by atoms with Gasteiger partial charge in [0.05, 0.1) is 15.5 Å². The fourth-order valence-electron chi connectivity index (χ4n) is 1.47. The highest BCUT2D eigenvalue weighted by Crippen LogP contribution is 2.30. The third-order valence-corrected chi connectivity index (χ3v) is 2.97. The van der Waals surface area contributed by atoms with Gasteiger partial charge in [-0.2, -0.15) is 0 Å². The fourth-order valence-corrected chi connectivity index (χ4v) is 1.82. The first-order chi connectivity index (χ1) is 9.06. The molecule has 5 nitrogen and oxygen atoms in total. The Morgan fingerprint density at radius 1 is 1.47 bits per heavy atom. The summed E-state index contributed by atoms with van der Waals surface area (Å²) in [6.45, 7) is 3.86. The van der Waals surface area contributed by atoms with Gasteiger partial charge in [-0.3, -0.25) is 10.1 Å². The molecule has 1 rings (SSSR count). The van der Waals surface area contributed by atoms with E-state index in [2.05, 4.69) is 21.2 Å². The molecule has 7 heteroatoms. The Bertz CT molecular complexity index is 443. The van der Waals surface area contributed by atoms with Crippen molar-refractivity contribution in [1.82, 2.24) is 0 Å². The van der Waals surface area contributed by atoms with Gasteiger partial charge in [0.15, 0.2) is 0 Å². The minimum atomic E-state index is -0.650. The topological polar surface area (TPSA) is 64.4 Å². The largest absolute Gasteiger partial charge is 0.381 e. The first kappa shape index (κ1) is 15.8. The summed E-state index contributed by atoms with van der Waals surface area (Å²) in [5, 5.41) is 13.7. The van der Waals surface area contributed by atoms with Gasteiger partial charge >= 0.3 is 0 Å². The number of hydrogen-bond acceptors (Lipinski definition) is 4. The van der Waals surface area contributed by atoms with Crippen LogP contribution in [0.5, 0.6) is 0 Å². The van der Waals surface area contributed by atoms with Gasteiger partial charge in [-0.15, -0.1) is 0 Å². The lowest BCUT2D eigenvalue weighted by Gasteiger charge is -2.08. The molecule has 0 saturated heterocycles. The Hall–Kier alpha value is -1.21. The Morgan fingerprint density at radius 2 is 2.21 bits per heavy atom. The van der Waals surface area contributed by atoms with Gasteiger partial charge in [0.1, 0.15) is 11.5 Å². The molecule has 0 aliphatic heterocycles. The molecular formula is C12H16BrFN2O3. The summed E-state index contributed by atoms with van der Waals surface area (Å²) in [5.41, 5.74) is 0.0314. The van der Waals surface area contributed by atoms with Crippen LogP contribution >= 0.6 is 15.9 Å². The number of rotatable bonds is 8. The predicted octanol–water partition coefficient (Wildman–Crippen LogP) is 3.73. The van der Waals surface area contributed by atoms with Crippen molar-refractivity contribution >= 4 is 27.3 Å². The zero-order valence-corrected chi connectivity index (χ0v) is 12.2. The Labute approximate surface area is 119 Å². The van der Waals surface area contributed by atoms with Gasteiger partial charge in [-0.05, 0) is 34.8 Å². The van der Waals surface area contributed by atoms with Crippen LogP contribution in [-0.2, 0) is 4.74 Å². The minimum absolute atomic E-state index is 0.197. The third kappa shape index (κ3) is 5.12. The Morgan fingerprint density at radius 3 is 2.84 bits per heavy atom. The van der Waals surface area contributed by atoms with Crippen LogP contribution in [0.4, 0.5) is 15.8 Å². The predicted molar refractivity (Wildman–Crippen MR) is 75.0 cm³/mol. The summed E-state index contributed by atoms with van der Waals surface area (Å²) in [5.74, 6) is -0.650. The van der Waals surface area contributed by atoms with Crippen molar-refractivity contribution in [2.75, 3.05) is 25.1 Å². The number of hydrogen-bond donors (Lipinski definition) is 1. The minimum Gasteiger partial charge on any atom is -0.381 e. The van der Waals surface area contributed by atoms with Crippen LogP contribution in [-0.4, -0.2) is 24.7 Å². The lowest BCUT2D eigenvalue weighted by molar-refractivity contribution is -0.384. The standard InChI is InChI=1S/C12H16BrFN2O3/c1-2-5-19-6-3-4-15-11-7-9(13)10(14)8-12(11)16(17)18/h7-8,15H,2-6H2,1H3. The number of nitro benzene ring substituents is 1. The van der Waals surface area contributed by atoms with E-state index in [1.165, 1.54) is 6.07 Å². The molecule has 0 fully saturated rings. The van der Waals surface area contributed by atoms with E-state index in [1.54, 1.807) is 0 Å². The maximum absolute atomic E-state index is 13.2.